The zero-order chi connectivity index (χ0) is 18.2. The molecule has 1 N–H and O–H groups in total. The molecule has 26 heavy (non-hydrogen) atoms. The molecule has 0 aliphatic heterocycles. The van der Waals surface area contributed by atoms with Crippen LogP contribution in [0.2, 0.25) is 0 Å². The van der Waals surface area contributed by atoms with Crippen molar-refractivity contribution in [3.05, 3.63) is 46.9 Å². The van der Waals surface area contributed by atoms with Gasteiger partial charge in [0.2, 0.25) is 0 Å². The number of unbranched alkanes of at least 4 members (excludes halogenated alkanes) is 6. The van der Waals surface area contributed by atoms with E-state index in [2.05, 4.69) is 45.0 Å². The van der Waals surface area contributed by atoms with E-state index < -0.39 is 0 Å². The molecule has 0 saturated heterocycles. The van der Waals surface area contributed by atoms with Gasteiger partial charge in [-0.15, -0.1) is 0 Å². The zero-order valence-corrected chi connectivity index (χ0v) is 17.0. The highest BCUT2D eigenvalue weighted by molar-refractivity contribution is 9.10. The lowest BCUT2D eigenvalue weighted by atomic mass is 10.1. The molecule has 3 nitrogen and oxygen atoms in total. The number of imidazole rings is 1. The molecule has 4 heteroatoms. The summed E-state index contributed by atoms with van der Waals surface area (Å²) in [5.41, 5.74) is 3.09. The highest BCUT2D eigenvalue weighted by atomic mass is 79.9. The van der Waals surface area contributed by atoms with Crippen LogP contribution in [0.25, 0.3) is 22.4 Å². The van der Waals surface area contributed by atoms with Crippen LogP contribution in [-0.2, 0) is 0 Å². The summed E-state index contributed by atoms with van der Waals surface area (Å²) in [5.74, 6) is 1.78. The van der Waals surface area contributed by atoms with E-state index in [4.69, 9.17) is 4.74 Å². The number of nitrogens with one attached hydrogen (secondary N) is 1. The molecule has 0 fully saturated rings. The van der Waals surface area contributed by atoms with Gasteiger partial charge in [0.25, 0.3) is 0 Å². The van der Waals surface area contributed by atoms with Gasteiger partial charge in [-0.05, 0) is 52.7 Å². The maximum atomic E-state index is 5.94. The molecule has 0 unspecified atom stereocenters. The fourth-order valence-corrected chi connectivity index (χ4v) is 3.59. The molecule has 3 rings (SSSR count). The molecule has 0 radical (unpaired) electrons. The number of nitrogens with zero attached hydrogens (tertiary/aromatic N) is 1. The van der Waals surface area contributed by atoms with Crippen molar-refractivity contribution < 1.29 is 4.74 Å². The Morgan fingerprint density at radius 3 is 2.50 bits per heavy atom. The Bertz CT molecular complexity index is 795. The van der Waals surface area contributed by atoms with Crippen molar-refractivity contribution >= 4 is 27.0 Å². The molecule has 1 heterocycles. The predicted octanol–water partition coefficient (Wildman–Crippen LogP) is 7.12. The van der Waals surface area contributed by atoms with E-state index in [9.17, 15) is 0 Å². The molecule has 0 aliphatic rings. The van der Waals surface area contributed by atoms with Crippen molar-refractivity contribution in [2.75, 3.05) is 6.61 Å². The average Bonchev–Trinajstić information content (AvgIpc) is 3.09. The Balaban J connectivity index is 1.51. The van der Waals surface area contributed by atoms with Crippen LogP contribution in [0.5, 0.6) is 5.75 Å². The molecular weight excluding hydrogens is 388 g/mol. The summed E-state index contributed by atoms with van der Waals surface area (Å²) < 4.78 is 6.91. The van der Waals surface area contributed by atoms with Crippen molar-refractivity contribution in [2.45, 2.75) is 51.9 Å². The van der Waals surface area contributed by atoms with Crippen LogP contribution in [0.4, 0.5) is 0 Å². The van der Waals surface area contributed by atoms with Crippen LogP contribution >= 0.6 is 15.9 Å². The van der Waals surface area contributed by atoms with Gasteiger partial charge in [0.1, 0.15) is 11.6 Å². The first kappa shape index (κ1) is 19.0. The molecule has 1 aromatic heterocycles. The lowest BCUT2D eigenvalue weighted by molar-refractivity contribution is 0.302. The molecule has 138 valence electrons. The second-order valence-electron chi connectivity index (χ2n) is 6.72. The molecule has 0 aliphatic carbocycles. The van der Waals surface area contributed by atoms with Crippen LogP contribution < -0.4 is 4.74 Å². The number of hydrogen-bond acceptors (Lipinski definition) is 2. The highest BCUT2D eigenvalue weighted by Crippen LogP contribution is 2.30. The van der Waals surface area contributed by atoms with Crippen LogP contribution in [0.15, 0.2) is 46.9 Å². The molecule has 2 aromatic carbocycles. The van der Waals surface area contributed by atoms with Gasteiger partial charge >= 0.3 is 0 Å². The van der Waals surface area contributed by atoms with E-state index in [1.165, 1.54) is 38.5 Å². The number of hydrogen-bond donors (Lipinski definition) is 1. The summed E-state index contributed by atoms with van der Waals surface area (Å²) in [6.07, 6.45) is 9.07. The van der Waals surface area contributed by atoms with Crippen molar-refractivity contribution in [1.29, 1.82) is 0 Å². The maximum absolute atomic E-state index is 5.94. The van der Waals surface area contributed by atoms with E-state index >= 15 is 0 Å². The summed E-state index contributed by atoms with van der Waals surface area (Å²) in [6.45, 7) is 3.03. The number of benzene rings is 2. The second-order valence-corrected chi connectivity index (χ2v) is 7.57. The molecule has 0 amide bonds. The van der Waals surface area contributed by atoms with Crippen molar-refractivity contribution in [3.63, 3.8) is 0 Å². The third kappa shape index (κ3) is 5.10. The van der Waals surface area contributed by atoms with Crippen LogP contribution in [-0.4, -0.2) is 16.6 Å². The van der Waals surface area contributed by atoms with Gasteiger partial charge < -0.3 is 9.72 Å². The van der Waals surface area contributed by atoms with Gasteiger partial charge in [0.05, 0.1) is 22.1 Å². The van der Waals surface area contributed by atoms with E-state index in [0.29, 0.717) is 0 Å². The monoisotopic (exact) mass is 414 g/mol. The summed E-state index contributed by atoms with van der Waals surface area (Å²) in [7, 11) is 0. The topological polar surface area (TPSA) is 37.9 Å². The Morgan fingerprint density at radius 2 is 1.73 bits per heavy atom. The standard InChI is InChI=1S/C22H27BrN2O/c1-2-3-4-5-6-7-10-15-26-21-14-13-17(16-18(21)23)22-24-19-11-8-9-12-20(19)25-22/h8-9,11-14,16H,2-7,10,15H2,1H3,(H,24,25). The minimum atomic E-state index is 0.774. The number of aromatic amines is 1. The lowest BCUT2D eigenvalue weighted by Crippen LogP contribution is -1.98. The smallest absolute Gasteiger partial charge is 0.138 e. The molecule has 0 spiro atoms. The van der Waals surface area contributed by atoms with Gasteiger partial charge in [-0.2, -0.15) is 0 Å². The van der Waals surface area contributed by atoms with Gasteiger partial charge in [0.15, 0.2) is 0 Å². The van der Waals surface area contributed by atoms with Gasteiger partial charge in [-0.3, -0.25) is 0 Å². The first-order valence-corrected chi connectivity index (χ1v) is 10.4. The zero-order valence-electron chi connectivity index (χ0n) is 15.4. The molecule has 0 atom stereocenters. The summed E-state index contributed by atoms with van der Waals surface area (Å²) >= 11 is 3.63. The number of halogens is 1. The number of rotatable bonds is 10. The first-order valence-electron chi connectivity index (χ1n) is 9.65. The third-order valence-electron chi connectivity index (χ3n) is 4.60. The molecular formula is C22H27BrN2O. The van der Waals surface area contributed by atoms with Crippen LogP contribution in [0.1, 0.15) is 51.9 Å². The van der Waals surface area contributed by atoms with Crippen molar-refractivity contribution in [1.82, 2.24) is 9.97 Å². The minimum absolute atomic E-state index is 0.774. The molecule has 0 bridgehead atoms. The number of ether oxygens (including phenoxy) is 1. The van der Waals surface area contributed by atoms with E-state index in [1.54, 1.807) is 0 Å². The fourth-order valence-electron chi connectivity index (χ4n) is 3.10. The fraction of sp³-hybridized carbons (Fsp3) is 0.409. The van der Waals surface area contributed by atoms with Gasteiger partial charge in [-0.25, -0.2) is 4.98 Å². The van der Waals surface area contributed by atoms with Gasteiger partial charge in [0, 0.05) is 5.56 Å². The number of aromatic nitrogens is 2. The Kier molecular flexibility index (Phi) is 7.13. The van der Waals surface area contributed by atoms with Gasteiger partial charge in [-0.1, -0.05) is 57.6 Å². The Labute approximate surface area is 164 Å². The van der Waals surface area contributed by atoms with E-state index in [0.717, 1.165) is 45.7 Å². The second kappa shape index (κ2) is 9.77. The summed E-state index contributed by atoms with van der Waals surface area (Å²) in [6, 6.07) is 14.2. The first-order chi connectivity index (χ1) is 12.8. The number of fused-ring (bicyclic) bond motifs is 1. The predicted molar refractivity (Wildman–Crippen MR) is 113 cm³/mol. The highest BCUT2D eigenvalue weighted by Gasteiger charge is 2.08. The average molecular weight is 415 g/mol. The number of para-hydroxylation sites is 2. The Hall–Kier alpha value is -1.81. The Morgan fingerprint density at radius 1 is 0.962 bits per heavy atom. The number of H-pyrrole nitrogens is 1. The minimum Gasteiger partial charge on any atom is -0.492 e. The van der Waals surface area contributed by atoms with Crippen LogP contribution in [0.3, 0.4) is 0 Å². The summed E-state index contributed by atoms with van der Waals surface area (Å²) in [5, 5.41) is 0. The van der Waals surface area contributed by atoms with Crippen LogP contribution in [0, 0.1) is 0 Å². The SMILES string of the molecule is CCCCCCCCCOc1ccc(-c2nc3ccccc3[nH]2)cc1Br. The molecule has 0 saturated carbocycles. The largest absolute Gasteiger partial charge is 0.492 e. The maximum Gasteiger partial charge on any atom is 0.138 e. The quantitative estimate of drug-likeness (QED) is 0.358. The lowest BCUT2D eigenvalue weighted by Gasteiger charge is -2.09. The summed E-state index contributed by atoms with van der Waals surface area (Å²) in [4.78, 5) is 8.02. The van der Waals surface area contributed by atoms with E-state index in [-0.39, 0.29) is 0 Å². The van der Waals surface area contributed by atoms with E-state index in [1.807, 2.05) is 30.3 Å². The normalized spacial score (nSPS) is 11.2. The third-order valence-corrected chi connectivity index (χ3v) is 5.22. The van der Waals surface area contributed by atoms with Crippen molar-refractivity contribution in [2.24, 2.45) is 0 Å². The molecule has 3 aromatic rings. The van der Waals surface area contributed by atoms with Crippen molar-refractivity contribution in [3.8, 4) is 17.1 Å².